The fourth-order valence-corrected chi connectivity index (χ4v) is 6.95. The molecule has 228 valence electrons. The molecule has 9 nitrogen and oxygen atoms in total. The number of nitro groups is 1. The molecule has 0 saturated heterocycles. The van der Waals surface area contributed by atoms with Crippen LogP contribution in [0.4, 0.5) is 5.69 Å². The quantitative estimate of drug-likeness (QED) is 0.0804. The predicted molar refractivity (Wildman–Crippen MR) is 173 cm³/mol. The third kappa shape index (κ3) is 4.72. The molecule has 6 rings (SSSR count). The molecule has 45 heavy (non-hydrogen) atoms. The second kappa shape index (κ2) is 11.9. The highest BCUT2D eigenvalue weighted by Crippen LogP contribution is 2.57. The molecule has 1 aliphatic rings. The number of aromatic amines is 1. The van der Waals surface area contributed by atoms with Gasteiger partial charge < -0.3 is 14.5 Å². The molecule has 2 heterocycles. The summed E-state index contributed by atoms with van der Waals surface area (Å²) in [5.41, 5.74) is 0.748. The fourth-order valence-electron chi connectivity index (χ4n) is 6.59. The Labute approximate surface area is 267 Å². The smallest absolute Gasteiger partial charge is 0.342 e. The number of hydrogen-bond acceptors (Lipinski definition) is 7. The number of esters is 2. The van der Waals surface area contributed by atoms with E-state index in [-0.39, 0.29) is 18.9 Å². The van der Waals surface area contributed by atoms with Crippen LogP contribution in [0.5, 0.6) is 0 Å². The standard InChI is InChI=1S/C35H30BrN3O6/c1-3-44-32(40)35(33(41)45-4-2)29-27-21-25(36)17-20-28(27)37-31(29)34(23-11-7-5-8-12-23,24-13-9-6-10-14-24)30(38-35)22-15-18-26(19-16-22)39(42)43/h5-21,30,37-38H,3-4H2,1-2H3/t30-/m0/s1. The molecule has 4 aromatic carbocycles. The van der Waals surface area contributed by atoms with Gasteiger partial charge in [-0.15, -0.1) is 0 Å². The van der Waals surface area contributed by atoms with Gasteiger partial charge in [0.2, 0.25) is 5.54 Å². The zero-order valence-corrected chi connectivity index (χ0v) is 26.2. The Morgan fingerprint density at radius 2 is 1.40 bits per heavy atom. The van der Waals surface area contributed by atoms with Crippen molar-refractivity contribution in [2.24, 2.45) is 0 Å². The number of halogens is 1. The van der Waals surface area contributed by atoms with Gasteiger partial charge in [0.1, 0.15) is 0 Å². The molecule has 0 amide bonds. The monoisotopic (exact) mass is 667 g/mol. The molecule has 0 radical (unpaired) electrons. The number of carbonyl (C=O) groups excluding carboxylic acids is 2. The minimum atomic E-state index is -2.10. The number of fused-ring (bicyclic) bond motifs is 3. The highest BCUT2D eigenvalue weighted by atomic mass is 79.9. The van der Waals surface area contributed by atoms with Crippen molar-refractivity contribution in [3.8, 4) is 0 Å². The molecule has 0 bridgehead atoms. The van der Waals surface area contributed by atoms with Gasteiger partial charge in [-0.1, -0.05) is 88.7 Å². The topological polar surface area (TPSA) is 124 Å². The number of benzene rings is 4. The molecule has 1 aliphatic heterocycles. The van der Waals surface area contributed by atoms with Crippen LogP contribution in [0.15, 0.2) is 108 Å². The third-order valence-corrected chi connectivity index (χ3v) is 8.88. The van der Waals surface area contributed by atoms with Gasteiger partial charge >= 0.3 is 11.9 Å². The zero-order valence-electron chi connectivity index (χ0n) is 24.6. The van der Waals surface area contributed by atoms with Gasteiger partial charge in [0, 0.05) is 38.8 Å². The van der Waals surface area contributed by atoms with Crippen LogP contribution in [-0.4, -0.2) is 35.1 Å². The first-order valence-electron chi connectivity index (χ1n) is 14.6. The third-order valence-electron chi connectivity index (χ3n) is 8.38. The van der Waals surface area contributed by atoms with E-state index in [0.29, 0.717) is 27.7 Å². The summed E-state index contributed by atoms with van der Waals surface area (Å²) in [6.07, 6.45) is 0. The summed E-state index contributed by atoms with van der Waals surface area (Å²) in [6, 6.07) is 30.5. The van der Waals surface area contributed by atoms with E-state index in [0.717, 1.165) is 15.6 Å². The number of aromatic nitrogens is 1. The minimum Gasteiger partial charge on any atom is -0.464 e. The van der Waals surface area contributed by atoms with Crippen molar-refractivity contribution in [3.05, 3.63) is 146 Å². The first-order valence-corrected chi connectivity index (χ1v) is 15.4. The van der Waals surface area contributed by atoms with Gasteiger partial charge in [0.05, 0.1) is 29.6 Å². The lowest BCUT2D eigenvalue weighted by molar-refractivity contribution is -0.384. The van der Waals surface area contributed by atoms with E-state index in [1.807, 2.05) is 78.9 Å². The Morgan fingerprint density at radius 1 is 0.844 bits per heavy atom. The molecule has 5 aromatic rings. The van der Waals surface area contributed by atoms with Crippen LogP contribution in [0.3, 0.4) is 0 Å². The molecule has 0 fully saturated rings. The van der Waals surface area contributed by atoms with Gasteiger partial charge in [-0.05, 0) is 48.7 Å². The van der Waals surface area contributed by atoms with Gasteiger partial charge in [0.15, 0.2) is 0 Å². The molecule has 0 spiro atoms. The number of hydrogen-bond donors (Lipinski definition) is 2. The number of rotatable bonds is 8. The number of ether oxygens (including phenoxy) is 2. The highest BCUT2D eigenvalue weighted by Gasteiger charge is 2.64. The van der Waals surface area contributed by atoms with E-state index < -0.39 is 33.9 Å². The highest BCUT2D eigenvalue weighted by molar-refractivity contribution is 9.10. The second-order valence-corrected chi connectivity index (χ2v) is 11.6. The van der Waals surface area contributed by atoms with Crippen molar-refractivity contribution in [1.29, 1.82) is 0 Å². The Balaban J connectivity index is 1.84. The Morgan fingerprint density at radius 3 is 1.91 bits per heavy atom. The lowest BCUT2D eigenvalue weighted by atomic mass is 9.59. The number of nitrogens with one attached hydrogen (secondary N) is 2. The first kappa shape index (κ1) is 30.2. The van der Waals surface area contributed by atoms with Gasteiger partial charge in [-0.2, -0.15) is 0 Å². The summed E-state index contributed by atoms with van der Waals surface area (Å²) in [5.74, 6) is -1.63. The van der Waals surface area contributed by atoms with Crippen LogP contribution in [-0.2, 0) is 30.0 Å². The van der Waals surface area contributed by atoms with Gasteiger partial charge in [-0.3, -0.25) is 15.4 Å². The van der Waals surface area contributed by atoms with Crippen LogP contribution in [0.2, 0.25) is 0 Å². The molecule has 1 atom stereocenters. The van der Waals surface area contributed by atoms with Gasteiger partial charge in [-0.25, -0.2) is 9.59 Å². The summed E-state index contributed by atoms with van der Waals surface area (Å²) in [4.78, 5) is 43.5. The van der Waals surface area contributed by atoms with E-state index in [2.05, 4.69) is 26.2 Å². The lowest BCUT2D eigenvalue weighted by Crippen LogP contribution is -2.65. The Hall–Kier alpha value is -4.80. The van der Waals surface area contributed by atoms with Crippen LogP contribution in [0, 0.1) is 10.1 Å². The zero-order chi connectivity index (χ0) is 31.8. The van der Waals surface area contributed by atoms with Crippen molar-refractivity contribution in [3.63, 3.8) is 0 Å². The first-order chi connectivity index (χ1) is 21.8. The van der Waals surface area contributed by atoms with E-state index in [9.17, 15) is 19.7 Å². The number of H-pyrrole nitrogens is 1. The summed E-state index contributed by atoms with van der Waals surface area (Å²) >= 11 is 3.58. The summed E-state index contributed by atoms with van der Waals surface area (Å²) in [7, 11) is 0. The summed E-state index contributed by atoms with van der Waals surface area (Å²) in [6.45, 7) is 3.40. The number of non-ortho nitro benzene ring substituents is 1. The minimum absolute atomic E-state index is 0.0216. The van der Waals surface area contributed by atoms with E-state index >= 15 is 0 Å². The fraction of sp³-hybridized carbons (Fsp3) is 0.200. The van der Waals surface area contributed by atoms with E-state index in [4.69, 9.17) is 9.47 Å². The predicted octanol–water partition coefficient (Wildman–Crippen LogP) is 6.84. The Bertz CT molecular complexity index is 1830. The number of nitro benzene ring substituents is 1. The van der Waals surface area contributed by atoms with E-state index in [1.165, 1.54) is 12.1 Å². The molecule has 1 aromatic heterocycles. The van der Waals surface area contributed by atoms with Crippen LogP contribution in [0.25, 0.3) is 10.9 Å². The molecule has 2 N–H and O–H groups in total. The molecule has 10 heteroatoms. The largest absolute Gasteiger partial charge is 0.464 e. The number of carbonyl (C=O) groups is 2. The molecular weight excluding hydrogens is 638 g/mol. The second-order valence-electron chi connectivity index (χ2n) is 10.7. The maximum atomic E-state index is 14.3. The number of nitrogens with zero attached hydrogens (tertiary/aromatic N) is 1. The molecular formula is C35H30BrN3O6. The maximum absolute atomic E-state index is 14.3. The van der Waals surface area contributed by atoms with Gasteiger partial charge in [0.25, 0.3) is 5.69 Å². The maximum Gasteiger partial charge on any atom is 0.342 e. The van der Waals surface area contributed by atoms with Crippen molar-refractivity contribution < 1.29 is 24.0 Å². The van der Waals surface area contributed by atoms with Crippen LogP contribution < -0.4 is 5.32 Å². The SMILES string of the molecule is CCOC(=O)C1(C(=O)OCC)N[C@@H](c2ccc([N+](=O)[O-])cc2)C(c2ccccc2)(c2ccccc2)c2[nH]c3ccc(Br)cc3c21. The van der Waals surface area contributed by atoms with Crippen molar-refractivity contribution >= 4 is 44.5 Å². The summed E-state index contributed by atoms with van der Waals surface area (Å²) in [5, 5.41) is 15.8. The Kier molecular flexibility index (Phi) is 8.03. The molecule has 0 unspecified atom stereocenters. The van der Waals surface area contributed by atoms with Crippen molar-refractivity contribution in [2.75, 3.05) is 13.2 Å². The normalized spacial score (nSPS) is 16.5. The average Bonchev–Trinajstić information content (AvgIpc) is 3.44. The van der Waals surface area contributed by atoms with E-state index in [1.54, 1.807) is 26.0 Å². The van der Waals surface area contributed by atoms with Crippen molar-refractivity contribution in [2.45, 2.75) is 30.8 Å². The molecule has 0 saturated carbocycles. The van der Waals surface area contributed by atoms with Crippen LogP contribution >= 0.6 is 15.9 Å². The summed E-state index contributed by atoms with van der Waals surface area (Å²) < 4.78 is 12.1. The molecule has 0 aliphatic carbocycles. The van der Waals surface area contributed by atoms with Crippen molar-refractivity contribution in [1.82, 2.24) is 10.3 Å². The van der Waals surface area contributed by atoms with Crippen LogP contribution in [0.1, 0.15) is 47.8 Å². The lowest BCUT2D eigenvalue weighted by Gasteiger charge is -2.50. The average molecular weight is 669 g/mol.